The third-order valence-electron chi connectivity index (χ3n) is 2.23. The topological polar surface area (TPSA) is 108 Å². The van der Waals surface area contributed by atoms with Crippen LogP contribution in [0.15, 0.2) is 18.2 Å². The van der Waals surface area contributed by atoms with E-state index in [1.165, 1.54) is 12.1 Å². The van der Waals surface area contributed by atoms with Crippen LogP contribution in [-0.2, 0) is 0 Å². The molecular weight excluding hydrogens is 272 g/mol. The van der Waals surface area contributed by atoms with E-state index in [9.17, 15) is 9.59 Å². The van der Waals surface area contributed by atoms with Crippen molar-refractivity contribution in [2.24, 2.45) is 0 Å². The molecule has 2 rings (SSSR count). The summed E-state index contributed by atoms with van der Waals surface area (Å²) in [7, 11) is 0. The second-order valence-corrected chi connectivity index (χ2v) is 4.13. The van der Waals surface area contributed by atoms with Crippen molar-refractivity contribution in [3.8, 4) is 0 Å². The number of pyridine rings is 1. The molecule has 1 amide bonds. The van der Waals surface area contributed by atoms with E-state index in [-0.39, 0.29) is 16.7 Å². The van der Waals surface area contributed by atoms with Crippen LogP contribution >= 0.6 is 11.6 Å². The van der Waals surface area contributed by atoms with Gasteiger partial charge in [0.2, 0.25) is 0 Å². The molecule has 0 atom stereocenters. The number of anilines is 1. The molecule has 0 saturated carbocycles. The van der Waals surface area contributed by atoms with Crippen LogP contribution in [-0.4, -0.2) is 32.2 Å². The quantitative estimate of drug-likeness (QED) is 0.742. The number of H-pyrrole nitrogens is 1. The first-order valence-corrected chi connectivity index (χ1v) is 5.58. The zero-order valence-corrected chi connectivity index (χ0v) is 10.5. The first-order chi connectivity index (χ1) is 8.95. The molecule has 0 aromatic carbocycles. The summed E-state index contributed by atoms with van der Waals surface area (Å²) in [6, 6.07) is 4.19. The van der Waals surface area contributed by atoms with Gasteiger partial charge in [-0.25, -0.2) is 9.78 Å². The second-order valence-electron chi connectivity index (χ2n) is 3.75. The third-order valence-corrected chi connectivity index (χ3v) is 2.43. The van der Waals surface area contributed by atoms with Gasteiger partial charge in [0, 0.05) is 17.3 Å². The Morgan fingerprint density at radius 1 is 1.37 bits per heavy atom. The summed E-state index contributed by atoms with van der Waals surface area (Å²) in [4.78, 5) is 26.5. The molecular formula is C11H9ClN4O3. The summed E-state index contributed by atoms with van der Waals surface area (Å²) in [6.07, 6.45) is 0. The Bertz CT molecular complexity index is 633. The molecule has 2 aromatic rings. The minimum atomic E-state index is -1.16. The standard InChI is InChI=1S/C11H9ClN4O3/c1-5-2-6(3-8(12)13-5)10(17)14-9-4-7(11(18)19)15-16-9/h2-4H,1H3,(H,18,19)(H2,14,15,16,17). The van der Waals surface area contributed by atoms with Crippen LogP contribution in [0.5, 0.6) is 0 Å². The average molecular weight is 281 g/mol. The number of nitrogens with zero attached hydrogens (tertiary/aromatic N) is 2. The van der Waals surface area contributed by atoms with Gasteiger partial charge in [0.1, 0.15) is 10.8 Å². The number of carbonyl (C=O) groups is 2. The number of aromatic nitrogens is 3. The lowest BCUT2D eigenvalue weighted by atomic mass is 10.2. The number of halogens is 1. The molecule has 0 radical (unpaired) electrons. The Kier molecular flexibility index (Phi) is 3.48. The van der Waals surface area contributed by atoms with Crippen LogP contribution in [0.25, 0.3) is 0 Å². The van der Waals surface area contributed by atoms with Crippen molar-refractivity contribution in [2.45, 2.75) is 6.92 Å². The minimum Gasteiger partial charge on any atom is -0.477 e. The number of aromatic amines is 1. The van der Waals surface area contributed by atoms with Gasteiger partial charge in [0.25, 0.3) is 5.91 Å². The summed E-state index contributed by atoms with van der Waals surface area (Å²) in [5, 5.41) is 17.3. The van der Waals surface area contributed by atoms with E-state index in [4.69, 9.17) is 16.7 Å². The van der Waals surface area contributed by atoms with Crippen LogP contribution in [0.3, 0.4) is 0 Å². The molecule has 0 bridgehead atoms. The highest BCUT2D eigenvalue weighted by atomic mass is 35.5. The Balaban J connectivity index is 2.18. The van der Waals surface area contributed by atoms with Crippen LogP contribution in [0.4, 0.5) is 5.82 Å². The van der Waals surface area contributed by atoms with Gasteiger partial charge in [0.15, 0.2) is 5.82 Å². The van der Waals surface area contributed by atoms with E-state index in [0.29, 0.717) is 11.3 Å². The Hall–Kier alpha value is -2.41. The number of carboxylic acid groups (broad SMARTS) is 1. The summed E-state index contributed by atoms with van der Waals surface area (Å²) in [5.41, 5.74) is 0.808. The Morgan fingerprint density at radius 2 is 2.11 bits per heavy atom. The fraction of sp³-hybridized carbons (Fsp3) is 0.0909. The fourth-order valence-corrected chi connectivity index (χ4v) is 1.69. The number of hydrogen-bond acceptors (Lipinski definition) is 4. The maximum absolute atomic E-state index is 11.9. The lowest BCUT2D eigenvalue weighted by molar-refractivity contribution is 0.0690. The summed E-state index contributed by atoms with van der Waals surface area (Å²) < 4.78 is 0. The summed E-state index contributed by atoms with van der Waals surface area (Å²) in [6.45, 7) is 1.71. The van der Waals surface area contributed by atoms with Crippen LogP contribution in [0.1, 0.15) is 26.5 Å². The first-order valence-electron chi connectivity index (χ1n) is 5.20. The van der Waals surface area contributed by atoms with Crippen molar-refractivity contribution in [2.75, 3.05) is 5.32 Å². The van der Waals surface area contributed by atoms with E-state index in [1.807, 2.05) is 0 Å². The van der Waals surface area contributed by atoms with Crippen molar-refractivity contribution >= 4 is 29.3 Å². The predicted octanol–water partition coefficient (Wildman–Crippen LogP) is 1.72. The van der Waals surface area contributed by atoms with Crippen molar-refractivity contribution in [1.29, 1.82) is 0 Å². The Labute approximate surface area is 112 Å². The van der Waals surface area contributed by atoms with Crippen molar-refractivity contribution in [3.05, 3.63) is 40.3 Å². The van der Waals surface area contributed by atoms with Gasteiger partial charge in [-0.05, 0) is 19.1 Å². The molecule has 0 aliphatic rings. The number of nitrogens with one attached hydrogen (secondary N) is 2. The number of aryl methyl sites for hydroxylation is 1. The lowest BCUT2D eigenvalue weighted by Crippen LogP contribution is -2.12. The highest BCUT2D eigenvalue weighted by molar-refractivity contribution is 6.29. The molecule has 0 spiro atoms. The highest BCUT2D eigenvalue weighted by Crippen LogP contribution is 2.13. The van der Waals surface area contributed by atoms with Crippen LogP contribution < -0.4 is 5.32 Å². The molecule has 0 aliphatic carbocycles. The molecule has 8 heteroatoms. The van der Waals surface area contributed by atoms with Gasteiger partial charge in [0.05, 0.1) is 0 Å². The van der Waals surface area contributed by atoms with Crippen molar-refractivity contribution in [3.63, 3.8) is 0 Å². The van der Waals surface area contributed by atoms with Crippen molar-refractivity contribution < 1.29 is 14.7 Å². The highest BCUT2D eigenvalue weighted by Gasteiger charge is 2.12. The second kappa shape index (κ2) is 5.07. The molecule has 0 aliphatic heterocycles. The maximum atomic E-state index is 11.9. The van der Waals surface area contributed by atoms with Gasteiger partial charge < -0.3 is 10.4 Å². The fourth-order valence-electron chi connectivity index (χ4n) is 1.44. The predicted molar refractivity (Wildman–Crippen MR) is 67.5 cm³/mol. The molecule has 98 valence electrons. The van der Waals surface area contributed by atoms with E-state index in [0.717, 1.165) is 0 Å². The van der Waals surface area contributed by atoms with Crippen LogP contribution in [0.2, 0.25) is 5.15 Å². The van der Waals surface area contributed by atoms with E-state index in [1.54, 1.807) is 13.0 Å². The zero-order valence-electron chi connectivity index (χ0n) is 9.77. The van der Waals surface area contributed by atoms with Gasteiger partial charge in [-0.15, -0.1) is 0 Å². The van der Waals surface area contributed by atoms with E-state index < -0.39 is 11.9 Å². The SMILES string of the molecule is Cc1cc(C(=O)Nc2cc(C(=O)O)[nH]n2)cc(Cl)n1. The Morgan fingerprint density at radius 3 is 2.68 bits per heavy atom. The number of carboxylic acids is 1. The molecule has 19 heavy (non-hydrogen) atoms. The largest absolute Gasteiger partial charge is 0.477 e. The number of rotatable bonds is 3. The van der Waals surface area contributed by atoms with Crippen molar-refractivity contribution in [1.82, 2.24) is 15.2 Å². The van der Waals surface area contributed by atoms with E-state index >= 15 is 0 Å². The average Bonchev–Trinajstić information content (AvgIpc) is 2.76. The van der Waals surface area contributed by atoms with Gasteiger partial charge in [-0.3, -0.25) is 9.89 Å². The number of amides is 1. The smallest absolute Gasteiger partial charge is 0.353 e. The van der Waals surface area contributed by atoms with E-state index in [2.05, 4.69) is 20.5 Å². The molecule has 3 N–H and O–H groups in total. The molecule has 0 saturated heterocycles. The first kappa shape index (κ1) is 13.0. The maximum Gasteiger partial charge on any atom is 0.353 e. The molecule has 0 unspecified atom stereocenters. The van der Waals surface area contributed by atoms with Gasteiger partial charge >= 0.3 is 5.97 Å². The monoisotopic (exact) mass is 280 g/mol. The van der Waals surface area contributed by atoms with Crippen LogP contribution in [0, 0.1) is 6.92 Å². The molecule has 2 aromatic heterocycles. The number of aromatic carboxylic acids is 1. The molecule has 7 nitrogen and oxygen atoms in total. The van der Waals surface area contributed by atoms with Gasteiger partial charge in [-0.1, -0.05) is 11.6 Å². The molecule has 0 fully saturated rings. The number of carbonyl (C=O) groups excluding carboxylic acids is 1. The molecule has 2 heterocycles. The third kappa shape index (κ3) is 3.08. The van der Waals surface area contributed by atoms with Gasteiger partial charge in [-0.2, -0.15) is 5.10 Å². The lowest BCUT2D eigenvalue weighted by Gasteiger charge is -2.03. The normalized spacial score (nSPS) is 10.2. The zero-order chi connectivity index (χ0) is 14.0. The minimum absolute atomic E-state index is 0.112. The summed E-state index contributed by atoms with van der Waals surface area (Å²) >= 11 is 5.75. The number of hydrogen-bond donors (Lipinski definition) is 3. The summed E-state index contributed by atoms with van der Waals surface area (Å²) in [5.74, 6) is -1.49.